The molecule has 0 aliphatic heterocycles. The van der Waals surface area contributed by atoms with Gasteiger partial charge in [-0.2, -0.15) is 0 Å². The number of benzene rings is 1. The van der Waals surface area contributed by atoms with E-state index >= 15 is 0 Å². The van der Waals surface area contributed by atoms with E-state index in [9.17, 15) is 4.79 Å². The minimum Gasteiger partial charge on any atom is -0.481 e. The maximum absolute atomic E-state index is 10.5. The van der Waals surface area contributed by atoms with Gasteiger partial charge in [0.1, 0.15) is 0 Å². The molecule has 0 fully saturated rings. The van der Waals surface area contributed by atoms with Crippen LogP contribution in [0, 0.1) is 6.92 Å². The van der Waals surface area contributed by atoms with Gasteiger partial charge in [-0.3, -0.25) is 4.79 Å². The third-order valence-electron chi connectivity index (χ3n) is 2.86. The number of aliphatic carboxylic acids is 1. The number of aromatic nitrogens is 1. The van der Waals surface area contributed by atoms with Gasteiger partial charge >= 0.3 is 5.97 Å². The van der Waals surface area contributed by atoms with Crippen molar-refractivity contribution in [2.24, 2.45) is 0 Å². The number of hydrogen-bond donors (Lipinski definition) is 2. The molecule has 0 amide bonds. The molecular formula is C13H14ClNO2. The number of carbonyl (C=O) groups is 1. The number of nitrogens with one attached hydrogen (secondary N) is 1. The molecule has 2 aromatic rings. The van der Waals surface area contributed by atoms with Crippen molar-refractivity contribution in [2.75, 3.05) is 0 Å². The van der Waals surface area contributed by atoms with Crippen molar-refractivity contribution in [3.63, 3.8) is 0 Å². The van der Waals surface area contributed by atoms with E-state index in [1.54, 1.807) is 0 Å². The smallest absolute Gasteiger partial charge is 0.303 e. The van der Waals surface area contributed by atoms with Crippen molar-refractivity contribution >= 4 is 28.5 Å². The summed E-state index contributed by atoms with van der Waals surface area (Å²) in [5, 5.41) is 10.4. The highest BCUT2D eigenvalue weighted by atomic mass is 35.5. The van der Waals surface area contributed by atoms with Crippen molar-refractivity contribution in [1.82, 2.24) is 4.98 Å². The van der Waals surface area contributed by atoms with Gasteiger partial charge in [-0.1, -0.05) is 11.6 Å². The zero-order chi connectivity index (χ0) is 12.4. The van der Waals surface area contributed by atoms with Crippen LogP contribution in [0.2, 0.25) is 5.02 Å². The average Bonchev–Trinajstić information content (AvgIpc) is 2.61. The Kier molecular flexibility index (Phi) is 3.38. The van der Waals surface area contributed by atoms with Gasteiger partial charge in [0, 0.05) is 18.0 Å². The predicted octanol–water partition coefficient (Wildman–Crippen LogP) is 3.54. The monoisotopic (exact) mass is 251 g/mol. The van der Waals surface area contributed by atoms with Crippen LogP contribution in [0.15, 0.2) is 18.3 Å². The van der Waals surface area contributed by atoms with Crippen molar-refractivity contribution in [2.45, 2.75) is 26.2 Å². The molecule has 1 aromatic heterocycles. The van der Waals surface area contributed by atoms with Gasteiger partial charge in [-0.05, 0) is 43.0 Å². The lowest BCUT2D eigenvalue weighted by Gasteiger charge is -2.03. The summed E-state index contributed by atoms with van der Waals surface area (Å²) in [4.78, 5) is 13.6. The van der Waals surface area contributed by atoms with E-state index < -0.39 is 5.97 Å². The van der Waals surface area contributed by atoms with Gasteiger partial charge in [0.25, 0.3) is 0 Å². The first-order valence-corrected chi connectivity index (χ1v) is 5.93. The lowest BCUT2D eigenvalue weighted by atomic mass is 10.0. The first-order valence-electron chi connectivity index (χ1n) is 5.56. The number of carboxylic acid groups (broad SMARTS) is 1. The number of fused-ring (bicyclic) bond motifs is 1. The Morgan fingerprint density at radius 3 is 2.94 bits per heavy atom. The maximum atomic E-state index is 10.5. The number of aromatic amines is 1. The number of halogens is 1. The first kappa shape index (κ1) is 12.0. The van der Waals surface area contributed by atoms with Crippen molar-refractivity contribution < 1.29 is 9.90 Å². The molecule has 4 heteroatoms. The van der Waals surface area contributed by atoms with Gasteiger partial charge in [-0.25, -0.2) is 0 Å². The highest BCUT2D eigenvalue weighted by Gasteiger charge is 2.07. The molecule has 3 nitrogen and oxygen atoms in total. The van der Waals surface area contributed by atoms with E-state index in [0.717, 1.165) is 28.5 Å². The number of carboxylic acids is 1. The normalized spacial score (nSPS) is 10.9. The Hall–Kier alpha value is -1.48. The van der Waals surface area contributed by atoms with E-state index in [-0.39, 0.29) is 6.42 Å². The summed E-state index contributed by atoms with van der Waals surface area (Å²) >= 11 is 6.17. The van der Waals surface area contributed by atoms with E-state index in [4.69, 9.17) is 16.7 Å². The summed E-state index contributed by atoms with van der Waals surface area (Å²) in [5.41, 5.74) is 3.19. The topological polar surface area (TPSA) is 53.1 Å². The van der Waals surface area contributed by atoms with Crippen molar-refractivity contribution in [3.8, 4) is 0 Å². The van der Waals surface area contributed by atoms with Crippen LogP contribution in [-0.4, -0.2) is 16.1 Å². The van der Waals surface area contributed by atoms with Crippen LogP contribution in [0.5, 0.6) is 0 Å². The summed E-state index contributed by atoms with van der Waals surface area (Å²) in [5.74, 6) is -0.755. The van der Waals surface area contributed by atoms with Gasteiger partial charge in [-0.15, -0.1) is 0 Å². The van der Waals surface area contributed by atoms with Gasteiger partial charge in [0.15, 0.2) is 0 Å². The van der Waals surface area contributed by atoms with Crippen molar-refractivity contribution in [1.29, 1.82) is 0 Å². The van der Waals surface area contributed by atoms with Crippen LogP contribution in [0.1, 0.15) is 24.0 Å². The van der Waals surface area contributed by atoms with Crippen LogP contribution in [-0.2, 0) is 11.2 Å². The number of H-pyrrole nitrogens is 1. The molecule has 1 heterocycles. The summed E-state index contributed by atoms with van der Waals surface area (Å²) in [6.45, 7) is 2.02. The molecule has 2 rings (SSSR count). The van der Waals surface area contributed by atoms with Gasteiger partial charge < -0.3 is 10.1 Å². The molecule has 90 valence electrons. The average molecular weight is 252 g/mol. The fraction of sp³-hybridized carbons (Fsp3) is 0.308. The Labute approximate surface area is 104 Å². The Bertz CT molecular complexity index is 560. The van der Waals surface area contributed by atoms with E-state index in [1.165, 1.54) is 0 Å². The Morgan fingerprint density at radius 1 is 1.47 bits per heavy atom. The quantitative estimate of drug-likeness (QED) is 0.873. The minimum atomic E-state index is -0.755. The molecule has 1 aromatic carbocycles. The second kappa shape index (κ2) is 4.80. The molecule has 0 bridgehead atoms. The maximum Gasteiger partial charge on any atom is 0.303 e. The summed E-state index contributed by atoms with van der Waals surface area (Å²) in [7, 11) is 0. The molecule has 0 atom stereocenters. The van der Waals surface area contributed by atoms with E-state index in [0.29, 0.717) is 11.4 Å². The van der Waals surface area contributed by atoms with Gasteiger partial charge in [0.05, 0.1) is 10.5 Å². The molecule has 0 spiro atoms. The second-order valence-electron chi connectivity index (χ2n) is 4.22. The van der Waals surface area contributed by atoms with Crippen LogP contribution in [0.25, 0.3) is 10.9 Å². The Balaban J connectivity index is 2.23. The zero-order valence-electron chi connectivity index (χ0n) is 9.59. The van der Waals surface area contributed by atoms with Crippen LogP contribution >= 0.6 is 11.6 Å². The fourth-order valence-electron chi connectivity index (χ4n) is 1.97. The highest BCUT2D eigenvalue weighted by molar-refractivity contribution is 6.35. The second-order valence-corrected chi connectivity index (χ2v) is 4.63. The summed E-state index contributed by atoms with van der Waals surface area (Å²) in [6.07, 6.45) is 3.51. The highest BCUT2D eigenvalue weighted by Crippen LogP contribution is 2.27. The van der Waals surface area contributed by atoms with E-state index in [2.05, 4.69) is 11.1 Å². The molecule has 17 heavy (non-hydrogen) atoms. The number of hydrogen-bond acceptors (Lipinski definition) is 1. The SMILES string of the molecule is Cc1c[nH]c2c(Cl)cc(CCCC(=O)O)cc12. The van der Waals surface area contributed by atoms with E-state index in [1.807, 2.05) is 19.2 Å². The first-order chi connectivity index (χ1) is 8.08. The van der Waals surface area contributed by atoms with Crippen molar-refractivity contribution in [3.05, 3.63) is 34.5 Å². The van der Waals surface area contributed by atoms with Gasteiger partial charge in [0.2, 0.25) is 0 Å². The molecule has 0 aliphatic rings. The van der Waals surface area contributed by atoms with Crippen LogP contribution in [0.4, 0.5) is 0 Å². The molecular weight excluding hydrogens is 238 g/mol. The summed E-state index contributed by atoms with van der Waals surface area (Å²) < 4.78 is 0. The predicted molar refractivity (Wildman–Crippen MR) is 68.6 cm³/mol. The number of aryl methyl sites for hydroxylation is 2. The third-order valence-corrected chi connectivity index (χ3v) is 3.16. The molecule has 2 N–H and O–H groups in total. The molecule has 0 saturated carbocycles. The summed E-state index contributed by atoms with van der Waals surface area (Å²) in [6, 6.07) is 3.98. The molecule has 0 radical (unpaired) electrons. The fourth-order valence-corrected chi connectivity index (χ4v) is 2.26. The molecule has 0 saturated heterocycles. The standard InChI is InChI=1S/C13H14ClNO2/c1-8-7-15-13-10(8)5-9(6-11(13)14)3-2-4-12(16)17/h5-7,15H,2-4H2,1H3,(H,16,17). The third kappa shape index (κ3) is 2.61. The largest absolute Gasteiger partial charge is 0.481 e. The lowest BCUT2D eigenvalue weighted by Crippen LogP contribution is -1.96. The minimum absolute atomic E-state index is 0.196. The zero-order valence-corrected chi connectivity index (χ0v) is 10.3. The van der Waals surface area contributed by atoms with Crippen LogP contribution in [0.3, 0.4) is 0 Å². The molecule has 0 unspecified atom stereocenters. The number of rotatable bonds is 4. The Morgan fingerprint density at radius 2 is 2.24 bits per heavy atom. The van der Waals surface area contributed by atoms with Crippen LogP contribution < -0.4 is 0 Å². The lowest BCUT2D eigenvalue weighted by molar-refractivity contribution is -0.137. The molecule has 0 aliphatic carbocycles.